The summed E-state index contributed by atoms with van der Waals surface area (Å²) in [5.74, 6) is 0. The molecule has 1 aliphatic rings. The highest BCUT2D eigenvalue weighted by Gasteiger charge is 2.49. The highest BCUT2D eigenvalue weighted by Crippen LogP contribution is 2.31. The van der Waals surface area contributed by atoms with Crippen molar-refractivity contribution in [1.29, 1.82) is 5.26 Å². The lowest BCUT2D eigenvalue weighted by molar-refractivity contribution is -0.125. The standard InChI is InChI=1S/C8H11NO4/c1-4(10)8(13)2-5(3-9)6(11)7(8)12/h2,4,6-7,10-13H,1H3/t4-,6+,7+,8-/m0/s1. The molecule has 0 fully saturated rings. The van der Waals surface area contributed by atoms with E-state index in [0.717, 1.165) is 6.08 Å². The molecule has 0 unspecified atom stereocenters. The van der Waals surface area contributed by atoms with Gasteiger partial charge in [-0.15, -0.1) is 0 Å². The molecule has 0 saturated heterocycles. The van der Waals surface area contributed by atoms with E-state index in [4.69, 9.17) is 10.4 Å². The second-order valence-electron chi connectivity index (χ2n) is 3.16. The summed E-state index contributed by atoms with van der Waals surface area (Å²) in [6.07, 6.45) is -3.23. The third-order valence-corrected chi connectivity index (χ3v) is 2.28. The van der Waals surface area contributed by atoms with Crippen molar-refractivity contribution in [1.82, 2.24) is 0 Å². The highest BCUT2D eigenvalue weighted by atomic mass is 16.4. The monoisotopic (exact) mass is 185 g/mol. The fraction of sp³-hybridized carbons (Fsp3) is 0.625. The van der Waals surface area contributed by atoms with Gasteiger partial charge in [0.1, 0.15) is 17.8 Å². The van der Waals surface area contributed by atoms with Crippen molar-refractivity contribution in [2.75, 3.05) is 0 Å². The normalized spacial score (nSPS) is 41.1. The minimum Gasteiger partial charge on any atom is -0.390 e. The Morgan fingerprint density at radius 1 is 1.62 bits per heavy atom. The van der Waals surface area contributed by atoms with Gasteiger partial charge in [-0.3, -0.25) is 0 Å². The molecule has 0 aromatic heterocycles. The molecule has 72 valence electrons. The summed E-state index contributed by atoms with van der Waals surface area (Å²) < 4.78 is 0. The predicted octanol–water partition coefficient (Wildman–Crippen LogP) is -1.72. The van der Waals surface area contributed by atoms with Gasteiger partial charge in [-0.1, -0.05) is 0 Å². The molecular formula is C8H11NO4. The van der Waals surface area contributed by atoms with E-state index in [1.165, 1.54) is 6.92 Å². The van der Waals surface area contributed by atoms with Gasteiger partial charge in [-0.25, -0.2) is 0 Å². The van der Waals surface area contributed by atoms with Gasteiger partial charge < -0.3 is 20.4 Å². The number of nitriles is 1. The number of hydrogen-bond donors (Lipinski definition) is 4. The van der Waals surface area contributed by atoms with Crippen LogP contribution in [0.5, 0.6) is 0 Å². The summed E-state index contributed by atoms with van der Waals surface area (Å²) in [6, 6.07) is 1.63. The molecule has 4 N–H and O–H groups in total. The molecule has 0 aromatic rings. The minimum absolute atomic E-state index is 0.129. The number of aliphatic hydroxyl groups is 4. The molecule has 5 heteroatoms. The number of aliphatic hydroxyl groups excluding tert-OH is 3. The average Bonchev–Trinajstić information content (AvgIpc) is 2.31. The molecule has 0 radical (unpaired) electrons. The van der Waals surface area contributed by atoms with Gasteiger partial charge >= 0.3 is 0 Å². The van der Waals surface area contributed by atoms with E-state index < -0.39 is 23.9 Å². The maximum Gasteiger partial charge on any atom is 0.138 e. The molecule has 13 heavy (non-hydrogen) atoms. The number of rotatable bonds is 1. The largest absolute Gasteiger partial charge is 0.390 e. The second kappa shape index (κ2) is 3.09. The summed E-state index contributed by atoms with van der Waals surface area (Å²) in [7, 11) is 0. The lowest BCUT2D eigenvalue weighted by Gasteiger charge is -2.29. The molecule has 0 bridgehead atoms. The first-order valence-corrected chi connectivity index (χ1v) is 3.83. The van der Waals surface area contributed by atoms with Crippen LogP contribution in [0.4, 0.5) is 0 Å². The van der Waals surface area contributed by atoms with Crippen LogP contribution in [0.15, 0.2) is 11.6 Å². The van der Waals surface area contributed by atoms with Crippen LogP contribution in [0, 0.1) is 11.3 Å². The van der Waals surface area contributed by atoms with Crippen molar-refractivity contribution in [3.8, 4) is 6.07 Å². The number of nitrogens with zero attached hydrogens (tertiary/aromatic N) is 1. The van der Waals surface area contributed by atoms with E-state index in [-0.39, 0.29) is 5.57 Å². The Hall–Kier alpha value is -0.930. The zero-order valence-corrected chi connectivity index (χ0v) is 7.05. The molecule has 0 aliphatic heterocycles. The van der Waals surface area contributed by atoms with E-state index in [1.807, 2.05) is 0 Å². The van der Waals surface area contributed by atoms with Gasteiger partial charge in [-0.05, 0) is 13.0 Å². The van der Waals surface area contributed by atoms with Crippen LogP contribution < -0.4 is 0 Å². The summed E-state index contributed by atoms with van der Waals surface area (Å²) in [6.45, 7) is 1.27. The zero-order chi connectivity index (χ0) is 10.2. The SMILES string of the molecule is C[C@H](O)[C@@]1(O)C=C(C#N)[C@@H](O)[C@H]1O. The Kier molecular flexibility index (Phi) is 2.41. The first kappa shape index (κ1) is 10.2. The van der Waals surface area contributed by atoms with E-state index in [9.17, 15) is 15.3 Å². The maximum atomic E-state index is 9.62. The van der Waals surface area contributed by atoms with Gasteiger partial charge in [0.25, 0.3) is 0 Å². The van der Waals surface area contributed by atoms with Crippen LogP contribution in [0.25, 0.3) is 0 Å². The Morgan fingerprint density at radius 2 is 2.15 bits per heavy atom. The average molecular weight is 185 g/mol. The number of hydrogen-bond acceptors (Lipinski definition) is 5. The third kappa shape index (κ3) is 1.34. The fourth-order valence-electron chi connectivity index (χ4n) is 1.31. The second-order valence-corrected chi connectivity index (χ2v) is 3.16. The molecule has 0 heterocycles. The van der Waals surface area contributed by atoms with Gasteiger partial charge in [0.15, 0.2) is 0 Å². The molecule has 4 atom stereocenters. The predicted molar refractivity (Wildman–Crippen MR) is 42.3 cm³/mol. The molecule has 0 aromatic carbocycles. The van der Waals surface area contributed by atoms with E-state index >= 15 is 0 Å². The van der Waals surface area contributed by atoms with Crippen molar-refractivity contribution >= 4 is 0 Å². The maximum absolute atomic E-state index is 9.62. The minimum atomic E-state index is -1.93. The quantitative estimate of drug-likeness (QED) is 0.389. The first-order valence-electron chi connectivity index (χ1n) is 3.83. The van der Waals surface area contributed by atoms with Crippen molar-refractivity contribution in [3.05, 3.63) is 11.6 Å². The van der Waals surface area contributed by atoms with Crippen molar-refractivity contribution in [3.63, 3.8) is 0 Å². The smallest absolute Gasteiger partial charge is 0.138 e. The lowest BCUT2D eigenvalue weighted by Crippen LogP contribution is -2.50. The Labute approximate surface area is 75.2 Å². The van der Waals surface area contributed by atoms with Crippen LogP contribution in [0.2, 0.25) is 0 Å². The van der Waals surface area contributed by atoms with Gasteiger partial charge in [0, 0.05) is 0 Å². The molecular weight excluding hydrogens is 174 g/mol. The van der Waals surface area contributed by atoms with Crippen LogP contribution >= 0.6 is 0 Å². The third-order valence-electron chi connectivity index (χ3n) is 2.28. The van der Waals surface area contributed by atoms with Gasteiger partial charge in [0.2, 0.25) is 0 Å². The Bertz CT molecular complexity index is 280. The molecule has 0 saturated carbocycles. The fourth-order valence-corrected chi connectivity index (χ4v) is 1.31. The summed E-state index contributed by atoms with van der Waals surface area (Å²) in [5.41, 5.74) is -2.05. The van der Waals surface area contributed by atoms with Crippen molar-refractivity contribution in [2.45, 2.75) is 30.8 Å². The van der Waals surface area contributed by atoms with E-state index in [1.54, 1.807) is 6.07 Å². The highest BCUT2D eigenvalue weighted by molar-refractivity contribution is 5.38. The van der Waals surface area contributed by atoms with Gasteiger partial charge in [0.05, 0.1) is 17.7 Å². The van der Waals surface area contributed by atoms with E-state index in [2.05, 4.69) is 0 Å². The van der Waals surface area contributed by atoms with Crippen molar-refractivity contribution < 1.29 is 20.4 Å². The molecule has 1 rings (SSSR count). The Morgan fingerprint density at radius 3 is 2.38 bits per heavy atom. The summed E-state index contributed by atoms with van der Waals surface area (Å²) >= 11 is 0. The van der Waals surface area contributed by atoms with Crippen molar-refractivity contribution in [2.24, 2.45) is 0 Å². The van der Waals surface area contributed by atoms with E-state index in [0.29, 0.717) is 0 Å². The Balaban J connectivity index is 3.05. The molecule has 0 amide bonds. The van der Waals surface area contributed by atoms with Crippen LogP contribution in [-0.4, -0.2) is 44.3 Å². The molecule has 1 aliphatic carbocycles. The summed E-state index contributed by atoms with van der Waals surface area (Å²) in [5, 5.41) is 45.8. The molecule has 5 nitrogen and oxygen atoms in total. The topological polar surface area (TPSA) is 105 Å². The van der Waals surface area contributed by atoms with Gasteiger partial charge in [-0.2, -0.15) is 5.26 Å². The first-order chi connectivity index (χ1) is 5.93. The molecule has 0 spiro atoms. The summed E-state index contributed by atoms with van der Waals surface area (Å²) in [4.78, 5) is 0. The van der Waals surface area contributed by atoms with Crippen LogP contribution in [-0.2, 0) is 0 Å². The van der Waals surface area contributed by atoms with Crippen LogP contribution in [0.3, 0.4) is 0 Å². The van der Waals surface area contributed by atoms with Crippen LogP contribution in [0.1, 0.15) is 6.92 Å². The lowest BCUT2D eigenvalue weighted by atomic mass is 9.94. The zero-order valence-electron chi connectivity index (χ0n) is 7.05.